The summed E-state index contributed by atoms with van der Waals surface area (Å²) in [5.41, 5.74) is 0.640. The van der Waals surface area contributed by atoms with Crippen LogP contribution in [0.4, 0.5) is 4.79 Å². The summed E-state index contributed by atoms with van der Waals surface area (Å²) in [6, 6.07) is 6.11. The fourth-order valence-corrected chi connectivity index (χ4v) is 2.86. The number of imide groups is 1. The molecule has 1 fully saturated rings. The van der Waals surface area contributed by atoms with Crippen molar-refractivity contribution >= 4 is 40.9 Å². The smallest absolute Gasteiger partial charge is 0.303 e. The number of carbonyl (C=O) groups is 4. The highest BCUT2D eigenvalue weighted by Crippen LogP contribution is 2.32. The van der Waals surface area contributed by atoms with E-state index in [2.05, 4.69) is 5.32 Å². The molecule has 8 nitrogen and oxygen atoms in total. The van der Waals surface area contributed by atoms with E-state index in [1.54, 1.807) is 12.1 Å². The number of phenolic OH excluding ortho intramolecular Hbond substituents is 1. The van der Waals surface area contributed by atoms with Gasteiger partial charge in [0.25, 0.3) is 11.1 Å². The Labute approximate surface area is 147 Å². The number of nitrogens with one attached hydrogen (secondary N) is 1. The Morgan fingerprint density at radius 2 is 1.88 bits per heavy atom. The van der Waals surface area contributed by atoms with Crippen molar-refractivity contribution in [3.63, 3.8) is 0 Å². The van der Waals surface area contributed by atoms with E-state index < -0.39 is 29.6 Å². The summed E-state index contributed by atoms with van der Waals surface area (Å²) >= 11 is 0.733. The van der Waals surface area contributed by atoms with E-state index in [1.807, 2.05) is 0 Å². The van der Waals surface area contributed by atoms with Gasteiger partial charge in [0.1, 0.15) is 12.3 Å². The maximum Gasteiger partial charge on any atom is 0.303 e. The van der Waals surface area contributed by atoms with Gasteiger partial charge in [0.05, 0.1) is 4.91 Å². The molecule has 0 aromatic heterocycles. The molecular weight excluding hydrogens is 348 g/mol. The lowest BCUT2D eigenvalue weighted by Crippen LogP contribution is -2.39. The van der Waals surface area contributed by atoms with Crippen LogP contribution in [-0.2, 0) is 14.4 Å². The summed E-state index contributed by atoms with van der Waals surface area (Å²) in [5, 5.41) is 19.7. The Morgan fingerprint density at radius 3 is 2.52 bits per heavy atom. The van der Waals surface area contributed by atoms with Gasteiger partial charge in [-0.1, -0.05) is 12.1 Å². The third kappa shape index (κ3) is 5.35. The van der Waals surface area contributed by atoms with Gasteiger partial charge in [-0.05, 0) is 42.0 Å². The van der Waals surface area contributed by atoms with Crippen LogP contribution in [0.3, 0.4) is 0 Å². The van der Waals surface area contributed by atoms with Crippen LogP contribution in [0.5, 0.6) is 5.75 Å². The molecule has 9 heteroatoms. The highest BCUT2D eigenvalue weighted by atomic mass is 32.2. The number of nitrogens with zero attached hydrogens (tertiary/aromatic N) is 1. The van der Waals surface area contributed by atoms with E-state index in [0.717, 1.165) is 16.7 Å². The van der Waals surface area contributed by atoms with E-state index in [9.17, 15) is 24.3 Å². The monoisotopic (exact) mass is 364 g/mol. The Balaban J connectivity index is 1.93. The molecule has 25 heavy (non-hydrogen) atoms. The van der Waals surface area contributed by atoms with Gasteiger partial charge in [-0.3, -0.25) is 24.1 Å². The van der Waals surface area contributed by atoms with Crippen LogP contribution in [0.2, 0.25) is 0 Å². The van der Waals surface area contributed by atoms with E-state index in [4.69, 9.17) is 5.11 Å². The number of phenols is 1. The molecule has 2 rings (SSSR count). The molecule has 0 bridgehead atoms. The number of carboxylic acids is 1. The minimum atomic E-state index is -0.959. The summed E-state index contributed by atoms with van der Waals surface area (Å²) < 4.78 is 0. The van der Waals surface area contributed by atoms with Gasteiger partial charge in [0.15, 0.2) is 0 Å². The van der Waals surface area contributed by atoms with Crippen LogP contribution in [-0.4, -0.2) is 51.2 Å². The van der Waals surface area contributed by atoms with E-state index in [0.29, 0.717) is 5.56 Å². The number of benzene rings is 1. The average Bonchev–Trinajstić information content (AvgIpc) is 2.81. The van der Waals surface area contributed by atoms with Crippen molar-refractivity contribution in [2.75, 3.05) is 13.1 Å². The van der Waals surface area contributed by atoms with Crippen LogP contribution in [0.1, 0.15) is 18.4 Å². The summed E-state index contributed by atoms with van der Waals surface area (Å²) in [7, 11) is 0. The maximum absolute atomic E-state index is 12.3. The molecule has 0 radical (unpaired) electrons. The number of thioether (sulfide) groups is 1. The maximum atomic E-state index is 12.3. The number of rotatable bonds is 7. The van der Waals surface area contributed by atoms with Crippen molar-refractivity contribution < 1.29 is 29.4 Å². The van der Waals surface area contributed by atoms with Gasteiger partial charge in [0, 0.05) is 13.0 Å². The Morgan fingerprint density at radius 1 is 1.20 bits per heavy atom. The lowest BCUT2D eigenvalue weighted by atomic mass is 10.2. The third-order valence-corrected chi connectivity index (χ3v) is 4.16. The fourth-order valence-electron chi connectivity index (χ4n) is 2.03. The molecule has 3 amide bonds. The largest absolute Gasteiger partial charge is 0.508 e. The minimum absolute atomic E-state index is 0.0722. The molecule has 1 aromatic carbocycles. The molecule has 0 aliphatic carbocycles. The molecule has 1 saturated heterocycles. The minimum Gasteiger partial charge on any atom is -0.508 e. The van der Waals surface area contributed by atoms with Gasteiger partial charge >= 0.3 is 5.97 Å². The fraction of sp³-hybridized carbons (Fsp3) is 0.250. The van der Waals surface area contributed by atoms with Gasteiger partial charge in [-0.2, -0.15) is 0 Å². The van der Waals surface area contributed by atoms with E-state index in [1.165, 1.54) is 18.2 Å². The number of hydrogen-bond donors (Lipinski definition) is 3. The lowest BCUT2D eigenvalue weighted by molar-refractivity contribution is -0.137. The zero-order valence-electron chi connectivity index (χ0n) is 13.1. The molecular formula is C16H16N2O6S. The predicted octanol–water partition coefficient (Wildman–Crippen LogP) is 1.41. The van der Waals surface area contributed by atoms with Crippen molar-refractivity contribution in [1.29, 1.82) is 0 Å². The number of hydrogen-bond acceptors (Lipinski definition) is 6. The van der Waals surface area contributed by atoms with Gasteiger partial charge in [-0.25, -0.2) is 0 Å². The number of carbonyl (C=O) groups excluding carboxylic acids is 3. The average molecular weight is 364 g/mol. The normalized spacial score (nSPS) is 15.7. The topological polar surface area (TPSA) is 124 Å². The number of aliphatic carboxylic acids is 1. The molecule has 0 unspecified atom stereocenters. The van der Waals surface area contributed by atoms with Crippen molar-refractivity contribution in [2.24, 2.45) is 0 Å². The number of amides is 3. The molecule has 3 N–H and O–H groups in total. The molecule has 1 heterocycles. The summed E-state index contributed by atoms with van der Waals surface area (Å²) in [6.45, 7) is -0.255. The molecule has 0 atom stereocenters. The van der Waals surface area contributed by atoms with Gasteiger partial charge in [0.2, 0.25) is 5.91 Å². The molecule has 1 aliphatic rings. The third-order valence-electron chi connectivity index (χ3n) is 3.26. The SMILES string of the molecule is O=C(O)CCCNC(=O)CN1C(=O)S/C(=C\c2ccc(O)cc2)C1=O. The quantitative estimate of drug-likeness (QED) is 0.493. The summed E-state index contributed by atoms with van der Waals surface area (Å²) in [5.74, 6) is -1.97. The molecule has 132 valence electrons. The zero-order valence-corrected chi connectivity index (χ0v) is 13.9. The second-order valence-corrected chi connectivity index (χ2v) is 6.20. The Hall–Kier alpha value is -2.81. The number of aromatic hydroxyl groups is 1. The van der Waals surface area contributed by atoms with Crippen LogP contribution in [0, 0.1) is 0 Å². The summed E-state index contributed by atoms with van der Waals surface area (Å²) in [4.78, 5) is 47.4. The van der Waals surface area contributed by atoms with Crippen LogP contribution >= 0.6 is 11.8 Å². The first-order chi connectivity index (χ1) is 11.9. The van der Waals surface area contributed by atoms with Crippen molar-refractivity contribution in [3.8, 4) is 5.75 Å². The first-order valence-corrected chi connectivity index (χ1v) is 8.21. The van der Waals surface area contributed by atoms with Crippen molar-refractivity contribution in [1.82, 2.24) is 10.2 Å². The number of carboxylic acid groups (broad SMARTS) is 1. The second kappa shape index (κ2) is 8.34. The Kier molecular flexibility index (Phi) is 6.18. The predicted molar refractivity (Wildman–Crippen MR) is 90.7 cm³/mol. The molecule has 1 aliphatic heterocycles. The Bertz CT molecular complexity index is 729. The van der Waals surface area contributed by atoms with Crippen LogP contribution < -0.4 is 5.32 Å². The zero-order chi connectivity index (χ0) is 18.4. The standard InChI is InChI=1S/C16H16N2O6S/c19-11-5-3-10(4-6-11)8-12-15(23)18(16(24)25-12)9-13(20)17-7-1-2-14(21)22/h3-6,8,19H,1-2,7,9H2,(H,17,20)(H,21,22)/b12-8-. The first kappa shape index (κ1) is 18.5. The first-order valence-electron chi connectivity index (χ1n) is 7.39. The lowest BCUT2D eigenvalue weighted by Gasteiger charge is -2.12. The van der Waals surface area contributed by atoms with Crippen LogP contribution in [0.25, 0.3) is 6.08 Å². The van der Waals surface area contributed by atoms with E-state index in [-0.39, 0.29) is 30.0 Å². The van der Waals surface area contributed by atoms with Crippen molar-refractivity contribution in [2.45, 2.75) is 12.8 Å². The summed E-state index contributed by atoms with van der Waals surface area (Å²) in [6.07, 6.45) is 1.70. The molecule has 1 aromatic rings. The molecule has 0 spiro atoms. The van der Waals surface area contributed by atoms with Crippen LogP contribution in [0.15, 0.2) is 29.2 Å². The second-order valence-electron chi connectivity index (χ2n) is 5.21. The van der Waals surface area contributed by atoms with Gasteiger partial charge < -0.3 is 15.5 Å². The molecule has 0 saturated carbocycles. The highest BCUT2D eigenvalue weighted by molar-refractivity contribution is 8.18. The van der Waals surface area contributed by atoms with Crippen molar-refractivity contribution in [3.05, 3.63) is 34.7 Å². The van der Waals surface area contributed by atoms with Gasteiger partial charge in [-0.15, -0.1) is 0 Å². The highest BCUT2D eigenvalue weighted by Gasteiger charge is 2.36. The van der Waals surface area contributed by atoms with E-state index >= 15 is 0 Å².